The normalized spacial score (nSPS) is 27.0. The summed E-state index contributed by atoms with van der Waals surface area (Å²) in [5.74, 6) is -0.396. The van der Waals surface area contributed by atoms with Crippen LogP contribution in [0.3, 0.4) is 0 Å². The van der Waals surface area contributed by atoms with Gasteiger partial charge in [0.1, 0.15) is 18.8 Å². The quantitative estimate of drug-likeness (QED) is 0.673. The fourth-order valence-corrected chi connectivity index (χ4v) is 2.54. The van der Waals surface area contributed by atoms with Gasteiger partial charge in [0, 0.05) is 5.92 Å². The molecule has 0 unspecified atom stereocenters. The molecule has 0 bridgehead atoms. The highest BCUT2D eigenvalue weighted by molar-refractivity contribution is 5.84. The van der Waals surface area contributed by atoms with Crippen molar-refractivity contribution in [2.24, 2.45) is 5.92 Å². The van der Waals surface area contributed by atoms with Crippen LogP contribution in [-0.2, 0) is 20.9 Å². The molecule has 0 radical (unpaired) electrons. The molecule has 5 nitrogen and oxygen atoms in total. The molecule has 5 heteroatoms. The summed E-state index contributed by atoms with van der Waals surface area (Å²) in [5.41, 5.74) is 0.900. The molecule has 1 heterocycles. The fraction of sp³-hybridized carbons (Fsp3) is 0.333. The third kappa shape index (κ3) is 2.52. The molecule has 1 aromatic carbocycles. The van der Waals surface area contributed by atoms with Crippen molar-refractivity contribution in [2.75, 3.05) is 0 Å². The second-order valence-corrected chi connectivity index (χ2v) is 4.91. The van der Waals surface area contributed by atoms with Gasteiger partial charge in [0.05, 0.1) is 0 Å². The highest BCUT2D eigenvalue weighted by atomic mass is 16.6. The summed E-state index contributed by atoms with van der Waals surface area (Å²) in [5, 5.41) is 2.59. The average Bonchev–Trinajstić information content (AvgIpc) is 3.01. The van der Waals surface area contributed by atoms with Gasteiger partial charge in [-0.05, 0) is 18.1 Å². The van der Waals surface area contributed by atoms with Crippen LogP contribution in [0.25, 0.3) is 0 Å². The highest BCUT2D eigenvalue weighted by Crippen LogP contribution is 2.31. The number of allylic oxidation sites excluding steroid dienone is 1. The molecule has 0 saturated carbocycles. The van der Waals surface area contributed by atoms with E-state index in [-0.39, 0.29) is 24.6 Å². The third-order valence-corrected chi connectivity index (χ3v) is 3.58. The van der Waals surface area contributed by atoms with Crippen LogP contribution in [0.15, 0.2) is 42.5 Å². The second kappa shape index (κ2) is 5.36. The Labute approximate surface area is 116 Å². The van der Waals surface area contributed by atoms with Gasteiger partial charge in [-0.15, -0.1) is 0 Å². The molecule has 1 amide bonds. The van der Waals surface area contributed by atoms with Crippen molar-refractivity contribution in [3.8, 4) is 0 Å². The Hall–Kier alpha value is -2.30. The minimum Gasteiger partial charge on any atom is -0.456 e. The van der Waals surface area contributed by atoms with Crippen molar-refractivity contribution in [1.82, 2.24) is 5.32 Å². The van der Waals surface area contributed by atoms with Crippen molar-refractivity contribution in [2.45, 2.75) is 25.2 Å². The molecule has 1 aromatic rings. The van der Waals surface area contributed by atoms with Gasteiger partial charge in [-0.3, -0.25) is 0 Å². The number of hydrogen-bond donors (Lipinski definition) is 1. The van der Waals surface area contributed by atoms with Crippen LogP contribution in [0.4, 0.5) is 4.79 Å². The first-order valence-corrected chi connectivity index (χ1v) is 6.58. The fourth-order valence-electron chi connectivity index (χ4n) is 2.54. The first-order valence-electron chi connectivity index (χ1n) is 6.58. The van der Waals surface area contributed by atoms with Crippen LogP contribution < -0.4 is 5.32 Å². The van der Waals surface area contributed by atoms with Crippen molar-refractivity contribution in [3.05, 3.63) is 48.0 Å². The molecule has 0 aromatic heterocycles. The van der Waals surface area contributed by atoms with Crippen molar-refractivity contribution in [3.63, 3.8) is 0 Å². The Balaban J connectivity index is 1.53. The summed E-state index contributed by atoms with van der Waals surface area (Å²) < 4.78 is 10.3. The number of fused-ring (bicyclic) bond motifs is 1. The maximum Gasteiger partial charge on any atom is 0.408 e. The minimum atomic E-state index is -0.613. The zero-order valence-corrected chi connectivity index (χ0v) is 10.8. The molecule has 1 fully saturated rings. The molecular formula is C15H15NO4. The van der Waals surface area contributed by atoms with Gasteiger partial charge in [0.2, 0.25) is 0 Å². The molecule has 104 valence electrons. The maximum atomic E-state index is 11.7. The smallest absolute Gasteiger partial charge is 0.408 e. The van der Waals surface area contributed by atoms with E-state index in [0.29, 0.717) is 0 Å². The molecule has 1 aliphatic carbocycles. The molecule has 3 rings (SSSR count). The van der Waals surface area contributed by atoms with Gasteiger partial charge in [0.25, 0.3) is 0 Å². The Morgan fingerprint density at radius 3 is 2.95 bits per heavy atom. The van der Waals surface area contributed by atoms with Gasteiger partial charge in [0.15, 0.2) is 0 Å². The summed E-state index contributed by atoms with van der Waals surface area (Å²) in [6.07, 6.45) is 3.76. The van der Waals surface area contributed by atoms with E-state index in [1.807, 2.05) is 42.5 Å². The van der Waals surface area contributed by atoms with E-state index >= 15 is 0 Å². The average molecular weight is 273 g/mol. The van der Waals surface area contributed by atoms with E-state index in [1.54, 1.807) is 0 Å². The number of amides is 1. The molecule has 1 N–H and O–H groups in total. The standard InChI is InChI=1S/C15H15NO4/c17-14-13(11-7-4-8-12(11)20-14)16-15(18)19-9-10-5-2-1-3-6-10/h1-6,8,11-13H,7,9H2,(H,16,18)/t11-,12+,13-/m1/s1. The van der Waals surface area contributed by atoms with E-state index in [1.165, 1.54) is 0 Å². The van der Waals surface area contributed by atoms with Crippen LogP contribution in [-0.4, -0.2) is 24.2 Å². The number of carbonyl (C=O) groups excluding carboxylic acids is 2. The zero-order valence-electron chi connectivity index (χ0n) is 10.8. The lowest BCUT2D eigenvalue weighted by molar-refractivity contribution is -0.141. The highest BCUT2D eigenvalue weighted by Gasteiger charge is 2.45. The van der Waals surface area contributed by atoms with Crippen molar-refractivity contribution < 1.29 is 19.1 Å². The lowest BCUT2D eigenvalue weighted by Crippen LogP contribution is -2.42. The SMILES string of the molecule is O=C(N[C@H]1C(=O)O[C@H]2C=CC[C@H]21)OCc1ccccc1. The van der Waals surface area contributed by atoms with Crippen LogP contribution in [0.5, 0.6) is 0 Å². The van der Waals surface area contributed by atoms with Gasteiger partial charge in [-0.25, -0.2) is 9.59 Å². The number of alkyl carbamates (subject to hydrolysis) is 1. The molecule has 3 atom stereocenters. The van der Waals surface area contributed by atoms with Gasteiger partial charge in [-0.2, -0.15) is 0 Å². The lowest BCUT2D eigenvalue weighted by Gasteiger charge is -2.15. The molecule has 1 saturated heterocycles. The molecular weight excluding hydrogens is 258 g/mol. The first-order chi connectivity index (χ1) is 9.74. The number of carbonyl (C=O) groups is 2. The van der Waals surface area contributed by atoms with E-state index in [0.717, 1.165) is 12.0 Å². The Morgan fingerprint density at radius 1 is 1.35 bits per heavy atom. The summed E-state index contributed by atoms with van der Waals surface area (Å²) in [7, 11) is 0. The third-order valence-electron chi connectivity index (χ3n) is 3.58. The summed E-state index contributed by atoms with van der Waals surface area (Å²) >= 11 is 0. The van der Waals surface area contributed by atoms with Crippen molar-refractivity contribution in [1.29, 1.82) is 0 Å². The number of rotatable bonds is 3. The van der Waals surface area contributed by atoms with E-state index < -0.39 is 12.1 Å². The maximum absolute atomic E-state index is 11.7. The summed E-state index contributed by atoms with van der Waals surface area (Å²) in [6.45, 7) is 0.181. The van der Waals surface area contributed by atoms with Gasteiger partial charge in [-0.1, -0.05) is 36.4 Å². The monoisotopic (exact) mass is 273 g/mol. The molecule has 0 spiro atoms. The Kier molecular flexibility index (Phi) is 3.41. The number of hydrogen-bond acceptors (Lipinski definition) is 4. The predicted molar refractivity (Wildman–Crippen MR) is 70.7 cm³/mol. The van der Waals surface area contributed by atoms with Gasteiger partial charge < -0.3 is 14.8 Å². The molecule has 2 aliphatic rings. The summed E-state index contributed by atoms with van der Waals surface area (Å²) in [4.78, 5) is 23.4. The number of nitrogens with one attached hydrogen (secondary N) is 1. The van der Waals surface area contributed by atoms with E-state index in [9.17, 15) is 9.59 Å². The van der Waals surface area contributed by atoms with Gasteiger partial charge >= 0.3 is 12.1 Å². The number of esters is 1. The van der Waals surface area contributed by atoms with Crippen LogP contribution in [0.1, 0.15) is 12.0 Å². The largest absolute Gasteiger partial charge is 0.456 e. The summed E-state index contributed by atoms with van der Waals surface area (Å²) in [6, 6.07) is 8.77. The van der Waals surface area contributed by atoms with E-state index in [4.69, 9.17) is 9.47 Å². The number of ether oxygens (including phenoxy) is 2. The predicted octanol–water partition coefficient (Wildman–Crippen LogP) is 1.78. The second-order valence-electron chi connectivity index (χ2n) is 4.91. The van der Waals surface area contributed by atoms with E-state index in [2.05, 4.69) is 5.32 Å². The minimum absolute atomic E-state index is 0.00762. The Bertz CT molecular complexity index is 540. The van der Waals surface area contributed by atoms with Crippen LogP contribution in [0.2, 0.25) is 0 Å². The number of benzene rings is 1. The van der Waals surface area contributed by atoms with Crippen molar-refractivity contribution >= 4 is 12.1 Å². The molecule has 20 heavy (non-hydrogen) atoms. The molecule has 1 aliphatic heterocycles. The van der Waals surface area contributed by atoms with Crippen LogP contribution >= 0.6 is 0 Å². The topological polar surface area (TPSA) is 64.6 Å². The van der Waals surface area contributed by atoms with Crippen LogP contribution in [0, 0.1) is 5.92 Å². The first kappa shape index (κ1) is 12.7. The zero-order chi connectivity index (χ0) is 13.9. The Morgan fingerprint density at radius 2 is 2.15 bits per heavy atom. The lowest BCUT2D eigenvalue weighted by atomic mass is 9.98.